The summed E-state index contributed by atoms with van der Waals surface area (Å²) in [6.45, 7) is 4.81. The van der Waals surface area contributed by atoms with E-state index in [1.165, 1.54) is 0 Å². The molecule has 0 aliphatic heterocycles. The van der Waals surface area contributed by atoms with Crippen molar-refractivity contribution < 1.29 is 0 Å². The molecule has 0 aromatic rings. The van der Waals surface area contributed by atoms with E-state index in [0.717, 1.165) is 6.54 Å². The number of allylic oxidation sites excluding steroid dienone is 3. The number of nitrogens with zero attached hydrogens (tertiary/aromatic N) is 1. The van der Waals surface area contributed by atoms with Crippen LogP contribution in [0.5, 0.6) is 0 Å². The van der Waals surface area contributed by atoms with Gasteiger partial charge in [-0.2, -0.15) is 0 Å². The summed E-state index contributed by atoms with van der Waals surface area (Å²) in [6, 6.07) is 0. The number of hydrogen-bond donors (Lipinski definition) is 1. The van der Waals surface area contributed by atoms with Crippen molar-refractivity contribution in [1.82, 2.24) is 5.01 Å². The average Bonchev–Trinajstić information content (AvgIpc) is 1.89. The highest BCUT2D eigenvalue weighted by atomic mass is 15.4. The molecule has 0 aromatic carbocycles. The second kappa shape index (κ2) is 5.38. The highest BCUT2D eigenvalue weighted by Crippen LogP contribution is 1.79. The van der Waals surface area contributed by atoms with Gasteiger partial charge in [-0.15, -0.1) is 0 Å². The van der Waals surface area contributed by atoms with Crippen molar-refractivity contribution in [2.24, 2.45) is 5.84 Å². The monoisotopic (exact) mass is 126 g/mol. The lowest BCUT2D eigenvalue weighted by Crippen LogP contribution is -2.23. The summed E-state index contributed by atoms with van der Waals surface area (Å²) in [5, 5.41) is 1.62. The molecule has 0 rings (SSSR count). The fourth-order valence-corrected chi connectivity index (χ4v) is 0.377. The molecule has 0 bridgehead atoms. The van der Waals surface area contributed by atoms with Gasteiger partial charge in [0, 0.05) is 12.7 Å². The summed E-state index contributed by atoms with van der Waals surface area (Å²) >= 11 is 0. The molecule has 0 aliphatic rings. The molecule has 2 heteroatoms. The maximum absolute atomic E-state index is 5.43. The van der Waals surface area contributed by atoms with Crippen molar-refractivity contribution in [2.45, 2.75) is 13.8 Å². The highest BCUT2D eigenvalue weighted by molar-refractivity contribution is 4.99. The summed E-state index contributed by atoms with van der Waals surface area (Å²) in [7, 11) is 0. The lowest BCUT2D eigenvalue weighted by Gasteiger charge is -2.07. The molecule has 9 heavy (non-hydrogen) atoms. The fraction of sp³-hybridized carbons (Fsp3) is 0.429. The van der Waals surface area contributed by atoms with Gasteiger partial charge in [-0.05, 0) is 19.9 Å². The highest BCUT2D eigenvalue weighted by Gasteiger charge is 1.78. The maximum atomic E-state index is 5.43. The quantitative estimate of drug-likeness (QED) is 0.350. The standard InChI is InChI=1S/C7H14N2/c1-3-5-6-7-9(8)4-2/h3,5-7H,4,8H2,1-2H3/b5-3-,7-6-. The third-order valence-corrected chi connectivity index (χ3v) is 0.946. The van der Waals surface area contributed by atoms with Crippen molar-refractivity contribution in [3.05, 3.63) is 24.4 Å². The van der Waals surface area contributed by atoms with E-state index in [-0.39, 0.29) is 0 Å². The normalized spacial score (nSPS) is 11.4. The number of hydrazine groups is 1. The summed E-state index contributed by atoms with van der Waals surface area (Å²) < 4.78 is 0. The molecule has 2 nitrogen and oxygen atoms in total. The average molecular weight is 126 g/mol. The summed E-state index contributed by atoms with van der Waals surface area (Å²) in [4.78, 5) is 0. The Bertz CT molecular complexity index is 105. The first-order valence-electron chi connectivity index (χ1n) is 3.12. The van der Waals surface area contributed by atoms with Gasteiger partial charge in [0.1, 0.15) is 0 Å². The minimum Gasteiger partial charge on any atom is -0.319 e. The predicted molar refractivity (Wildman–Crippen MR) is 40.5 cm³/mol. The van der Waals surface area contributed by atoms with E-state index < -0.39 is 0 Å². The van der Waals surface area contributed by atoms with E-state index in [9.17, 15) is 0 Å². The lowest BCUT2D eigenvalue weighted by atomic mass is 10.5. The second-order valence-electron chi connectivity index (χ2n) is 1.70. The molecule has 0 radical (unpaired) electrons. The Morgan fingerprint density at radius 2 is 2.11 bits per heavy atom. The molecule has 0 aromatic heterocycles. The van der Waals surface area contributed by atoms with Gasteiger partial charge in [-0.25, -0.2) is 5.84 Å². The van der Waals surface area contributed by atoms with E-state index in [1.54, 1.807) is 5.01 Å². The van der Waals surface area contributed by atoms with Crippen LogP contribution in [0.3, 0.4) is 0 Å². The molecular formula is C7H14N2. The van der Waals surface area contributed by atoms with Crippen LogP contribution in [0.4, 0.5) is 0 Å². The van der Waals surface area contributed by atoms with Crippen LogP contribution in [0.1, 0.15) is 13.8 Å². The molecule has 0 saturated heterocycles. The molecule has 0 heterocycles. The van der Waals surface area contributed by atoms with Crippen molar-refractivity contribution in [2.75, 3.05) is 6.54 Å². The van der Waals surface area contributed by atoms with Gasteiger partial charge in [0.15, 0.2) is 0 Å². The Balaban J connectivity index is 3.43. The minimum absolute atomic E-state index is 0.841. The zero-order valence-electron chi connectivity index (χ0n) is 6.04. The first kappa shape index (κ1) is 8.24. The van der Waals surface area contributed by atoms with Gasteiger partial charge >= 0.3 is 0 Å². The predicted octanol–water partition coefficient (Wildman–Crippen LogP) is 1.27. The smallest absolute Gasteiger partial charge is 0.0306 e. The third-order valence-electron chi connectivity index (χ3n) is 0.946. The third kappa shape index (κ3) is 5.11. The summed E-state index contributed by atoms with van der Waals surface area (Å²) in [5.74, 6) is 5.43. The van der Waals surface area contributed by atoms with Gasteiger partial charge in [0.25, 0.3) is 0 Å². The molecule has 0 spiro atoms. The van der Waals surface area contributed by atoms with Crippen LogP contribution in [0.2, 0.25) is 0 Å². The van der Waals surface area contributed by atoms with Crippen LogP contribution in [0.15, 0.2) is 24.4 Å². The lowest BCUT2D eigenvalue weighted by molar-refractivity contribution is 0.417. The summed E-state index contributed by atoms with van der Waals surface area (Å²) in [6.07, 6.45) is 7.64. The van der Waals surface area contributed by atoms with Gasteiger partial charge in [0.05, 0.1) is 0 Å². The summed E-state index contributed by atoms with van der Waals surface area (Å²) in [5.41, 5.74) is 0. The van der Waals surface area contributed by atoms with Crippen molar-refractivity contribution in [3.8, 4) is 0 Å². The van der Waals surface area contributed by atoms with E-state index in [0.29, 0.717) is 0 Å². The van der Waals surface area contributed by atoms with Crippen LogP contribution in [-0.4, -0.2) is 11.6 Å². The number of hydrogen-bond acceptors (Lipinski definition) is 2. The minimum atomic E-state index is 0.841. The van der Waals surface area contributed by atoms with E-state index >= 15 is 0 Å². The van der Waals surface area contributed by atoms with Crippen molar-refractivity contribution >= 4 is 0 Å². The zero-order chi connectivity index (χ0) is 7.11. The fourth-order valence-electron chi connectivity index (χ4n) is 0.377. The zero-order valence-corrected chi connectivity index (χ0v) is 6.04. The van der Waals surface area contributed by atoms with E-state index in [4.69, 9.17) is 5.84 Å². The molecule has 0 amide bonds. The molecule has 0 fully saturated rings. The van der Waals surface area contributed by atoms with Crippen molar-refractivity contribution in [1.29, 1.82) is 0 Å². The van der Waals surface area contributed by atoms with E-state index in [1.807, 2.05) is 38.3 Å². The first-order valence-corrected chi connectivity index (χ1v) is 3.12. The topological polar surface area (TPSA) is 29.3 Å². The number of nitrogens with two attached hydrogens (primary N) is 1. The SMILES string of the molecule is C/C=C\C=C/N(N)CC. The molecule has 52 valence electrons. The van der Waals surface area contributed by atoms with Gasteiger partial charge in [-0.1, -0.05) is 12.2 Å². The van der Waals surface area contributed by atoms with Gasteiger partial charge < -0.3 is 5.01 Å². The Kier molecular flexibility index (Phi) is 4.92. The Morgan fingerprint density at radius 1 is 1.44 bits per heavy atom. The maximum Gasteiger partial charge on any atom is 0.0306 e. The van der Waals surface area contributed by atoms with Gasteiger partial charge in [-0.3, -0.25) is 0 Å². The molecule has 0 aliphatic carbocycles. The van der Waals surface area contributed by atoms with E-state index in [2.05, 4.69) is 0 Å². The number of rotatable bonds is 3. The Hall–Kier alpha value is -0.760. The van der Waals surface area contributed by atoms with Crippen LogP contribution >= 0.6 is 0 Å². The van der Waals surface area contributed by atoms with Crippen LogP contribution < -0.4 is 5.84 Å². The first-order chi connectivity index (χ1) is 4.31. The van der Waals surface area contributed by atoms with Crippen LogP contribution in [0.25, 0.3) is 0 Å². The van der Waals surface area contributed by atoms with Crippen LogP contribution in [0, 0.1) is 0 Å². The van der Waals surface area contributed by atoms with Crippen LogP contribution in [-0.2, 0) is 0 Å². The molecular weight excluding hydrogens is 112 g/mol. The largest absolute Gasteiger partial charge is 0.319 e. The Morgan fingerprint density at radius 3 is 2.56 bits per heavy atom. The van der Waals surface area contributed by atoms with Crippen molar-refractivity contribution in [3.63, 3.8) is 0 Å². The molecule has 0 saturated carbocycles. The Labute approximate surface area is 56.6 Å². The molecule has 0 unspecified atom stereocenters. The van der Waals surface area contributed by atoms with Gasteiger partial charge in [0.2, 0.25) is 0 Å². The molecule has 2 N–H and O–H groups in total. The molecule has 0 atom stereocenters. The second-order valence-corrected chi connectivity index (χ2v) is 1.70.